The first-order valence-electron chi connectivity index (χ1n) is 6.03. The maximum Gasteiger partial charge on any atom is 0.319 e. The van der Waals surface area contributed by atoms with Crippen LogP contribution >= 0.6 is 0 Å². The predicted octanol–water partition coefficient (Wildman–Crippen LogP) is 1.78. The lowest BCUT2D eigenvalue weighted by atomic mass is 10.1. The number of urea groups is 1. The number of Topliss-reactive ketones (excluding diaryl/α,β-unsaturated/α-hetero) is 1. The van der Waals surface area contributed by atoms with Gasteiger partial charge in [0.05, 0.1) is 0 Å². The first-order valence-corrected chi connectivity index (χ1v) is 7.52. The molecule has 0 radical (unpaired) electrons. The molecule has 0 aliphatic rings. The maximum atomic E-state index is 11.5. The highest BCUT2D eigenvalue weighted by Crippen LogP contribution is 2.09. The van der Waals surface area contributed by atoms with Crippen LogP contribution in [0, 0.1) is 0 Å². The quantitative estimate of drug-likeness (QED) is 0.781. The molecule has 0 saturated carbocycles. The van der Waals surface area contributed by atoms with Gasteiger partial charge in [-0.3, -0.25) is 9.00 Å². The van der Waals surface area contributed by atoms with Crippen molar-refractivity contribution in [2.24, 2.45) is 0 Å². The van der Waals surface area contributed by atoms with Crippen molar-refractivity contribution < 1.29 is 13.8 Å². The molecule has 0 fully saturated rings. The number of anilines is 1. The second kappa shape index (κ2) is 7.68. The molecule has 0 bridgehead atoms. The fraction of sp³-hybridized carbons (Fsp3) is 0.385. The van der Waals surface area contributed by atoms with E-state index in [1.165, 1.54) is 6.92 Å². The second-order valence-electron chi connectivity index (χ2n) is 3.95. The Bertz CT molecular complexity index is 471. The van der Waals surface area contributed by atoms with Gasteiger partial charge in [0, 0.05) is 40.1 Å². The number of rotatable bonds is 6. The predicted molar refractivity (Wildman–Crippen MR) is 77.0 cm³/mol. The van der Waals surface area contributed by atoms with E-state index in [0.29, 0.717) is 29.3 Å². The molecule has 0 spiro atoms. The third-order valence-corrected chi connectivity index (χ3v) is 3.79. The highest BCUT2D eigenvalue weighted by atomic mass is 32.2. The first kappa shape index (κ1) is 15.4. The Morgan fingerprint density at radius 3 is 2.37 bits per heavy atom. The lowest BCUT2D eigenvalue weighted by Crippen LogP contribution is -2.32. The maximum absolute atomic E-state index is 11.5. The summed E-state index contributed by atoms with van der Waals surface area (Å²) in [5, 5.41) is 5.26. The summed E-state index contributed by atoms with van der Waals surface area (Å²) in [6.07, 6.45) is 0. The Morgan fingerprint density at radius 2 is 1.84 bits per heavy atom. The zero-order chi connectivity index (χ0) is 14.3. The Kier molecular flexibility index (Phi) is 6.21. The molecule has 104 valence electrons. The number of carbonyl (C=O) groups is 2. The Balaban J connectivity index is 2.40. The van der Waals surface area contributed by atoms with Crippen LogP contribution in [0.1, 0.15) is 24.2 Å². The molecule has 2 amide bonds. The van der Waals surface area contributed by atoms with Crippen LogP contribution in [0.4, 0.5) is 10.5 Å². The molecule has 1 aromatic rings. The van der Waals surface area contributed by atoms with E-state index < -0.39 is 10.8 Å². The summed E-state index contributed by atoms with van der Waals surface area (Å²) in [5.74, 6) is 1.03. The van der Waals surface area contributed by atoms with Gasteiger partial charge in [-0.05, 0) is 31.2 Å². The SMILES string of the molecule is CCS(=O)CCNC(=O)Nc1ccc(C(C)=O)cc1. The molecule has 2 N–H and O–H groups in total. The van der Waals surface area contributed by atoms with Crippen molar-refractivity contribution in [3.63, 3.8) is 0 Å². The minimum Gasteiger partial charge on any atom is -0.337 e. The van der Waals surface area contributed by atoms with Crippen molar-refractivity contribution in [1.29, 1.82) is 0 Å². The number of benzene rings is 1. The molecule has 6 heteroatoms. The van der Waals surface area contributed by atoms with E-state index in [4.69, 9.17) is 0 Å². The van der Waals surface area contributed by atoms with Crippen molar-refractivity contribution in [2.45, 2.75) is 13.8 Å². The normalized spacial score (nSPS) is 11.7. The lowest BCUT2D eigenvalue weighted by molar-refractivity contribution is 0.101. The van der Waals surface area contributed by atoms with Gasteiger partial charge in [0.25, 0.3) is 0 Å². The van der Waals surface area contributed by atoms with Crippen molar-refractivity contribution in [1.82, 2.24) is 5.32 Å². The topological polar surface area (TPSA) is 75.3 Å². The third kappa shape index (κ3) is 5.65. The Morgan fingerprint density at radius 1 is 1.21 bits per heavy atom. The van der Waals surface area contributed by atoms with Gasteiger partial charge in [0.2, 0.25) is 0 Å². The van der Waals surface area contributed by atoms with Crippen molar-refractivity contribution >= 4 is 28.3 Å². The van der Waals surface area contributed by atoms with Crippen LogP contribution in [-0.2, 0) is 10.8 Å². The Hall–Kier alpha value is -1.69. The van der Waals surface area contributed by atoms with Gasteiger partial charge in [0.1, 0.15) is 0 Å². The fourth-order valence-corrected chi connectivity index (χ4v) is 2.00. The van der Waals surface area contributed by atoms with E-state index in [2.05, 4.69) is 10.6 Å². The fourth-order valence-electron chi connectivity index (χ4n) is 1.39. The van der Waals surface area contributed by atoms with Crippen LogP contribution in [-0.4, -0.2) is 34.1 Å². The molecule has 19 heavy (non-hydrogen) atoms. The monoisotopic (exact) mass is 282 g/mol. The molecule has 0 saturated heterocycles. The Labute approximate surface area is 115 Å². The van der Waals surface area contributed by atoms with Gasteiger partial charge in [-0.1, -0.05) is 6.92 Å². The van der Waals surface area contributed by atoms with Crippen LogP contribution in [0.15, 0.2) is 24.3 Å². The van der Waals surface area contributed by atoms with E-state index in [9.17, 15) is 13.8 Å². The van der Waals surface area contributed by atoms with Crippen LogP contribution in [0.2, 0.25) is 0 Å². The van der Waals surface area contributed by atoms with Crippen molar-refractivity contribution in [3.05, 3.63) is 29.8 Å². The third-order valence-electron chi connectivity index (χ3n) is 2.49. The van der Waals surface area contributed by atoms with Crippen molar-refractivity contribution in [2.75, 3.05) is 23.4 Å². The number of hydrogen-bond acceptors (Lipinski definition) is 3. The molecule has 1 rings (SSSR count). The number of nitrogens with one attached hydrogen (secondary N) is 2. The molecule has 0 aromatic heterocycles. The van der Waals surface area contributed by atoms with Crippen LogP contribution < -0.4 is 10.6 Å². The molecule has 5 nitrogen and oxygen atoms in total. The largest absolute Gasteiger partial charge is 0.337 e. The number of carbonyl (C=O) groups excluding carboxylic acids is 2. The molecule has 1 aromatic carbocycles. The molecule has 1 atom stereocenters. The van der Waals surface area contributed by atoms with Crippen LogP contribution in [0.25, 0.3) is 0 Å². The summed E-state index contributed by atoms with van der Waals surface area (Å²) in [5.41, 5.74) is 1.21. The number of hydrogen-bond donors (Lipinski definition) is 2. The smallest absolute Gasteiger partial charge is 0.319 e. The van der Waals surface area contributed by atoms with E-state index in [-0.39, 0.29) is 11.8 Å². The summed E-state index contributed by atoms with van der Waals surface area (Å²) in [6.45, 7) is 3.70. The van der Waals surface area contributed by atoms with Crippen LogP contribution in [0.5, 0.6) is 0 Å². The summed E-state index contributed by atoms with van der Waals surface area (Å²) in [6, 6.07) is 6.30. The summed E-state index contributed by atoms with van der Waals surface area (Å²) in [4.78, 5) is 22.6. The van der Waals surface area contributed by atoms with Gasteiger partial charge >= 0.3 is 6.03 Å². The molecular weight excluding hydrogens is 264 g/mol. The molecule has 0 aliphatic carbocycles. The number of amides is 2. The lowest BCUT2D eigenvalue weighted by Gasteiger charge is -2.07. The molecule has 0 heterocycles. The molecular formula is C13H18N2O3S. The number of ketones is 1. The average Bonchev–Trinajstić information content (AvgIpc) is 2.39. The van der Waals surface area contributed by atoms with Gasteiger partial charge in [-0.25, -0.2) is 4.79 Å². The van der Waals surface area contributed by atoms with Crippen LogP contribution in [0.3, 0.4) is 0 Å². The van der Waals surface area contributed by atoms with Gasteiger partial charge in [0.15, 0.2) is 5.78 Å². The van der Waals surface area contributed by atoms with Gasteiger partial charge < -0.3 is 10.6 Å². The zero-order valence-corrected chi connectivity index (χ0v) is 11.9. The van der Waals surface area contributed by atoms with Gasteiger partial charge in [-0.15, -0.1) is 0 Å². The van der Waals surface area contributed by atoms with E-state index in [0.717, 1.165) is 0 Å². The standard InChI is InChI=1S/C13H18N2O3S/c1-3-19(18)9-8-14-13(17)15-12-6-4-11(5-7-12)10(2)16/h4-7H,3,8-9H2,1-2H3,(H2,14,15,17). The summed E-state index contributed by atoms with van der Waals surface area (Å²) >= 11 is 0. The van der Waals surface area contributed by atoms with E-state index in [1.807, 2.05) is 6.92 Å². The average molecular weight is 282 g/mol. The molecule has 1 unspecified atom stereocenters. The highest BCUT2D eigenvalue weighted by molar-refractivity contribution is 7.84. The van der Waals surface area contributed by atoms with E-state index in [1.54, 1.807) is 24.3 Å². The minimum atomic E-state index is -0.878. The van der Waals surface area contributed by atoms with Gasteiger partial charge in [-0.2, -0.15) is 0 Å². The highest BCUT2D eigenvalue weighted by Gasteiger charge is 2.03. The summed E-state index contributed by atoms with van der Waals surface area (Å²) in [7, 11) is -0.878. The second-order valence-corrected chi connectivity index (χ2v) is 5.81. The first-order chi connectivity index (χ1) is 9.02. The van der Waals surface area contributed by atoms with Crippen molar-refractivity contribution in [3.8, 4) is 0 Å². The molecule has 0 aliphatic heterocycles. The zero-order valence-electron chi connectivity index (χ0n) is 11.1. The van der Waals surface area contributed by atoms with E-state index >= 15 is 0 Å². The minimum absolute atomic E-state index is 0.0157. The summed E-state index contributed by atoms with van der Waals surface area (Å²) < 4.78 is 11.2.